The van der Waals surface area contributed by atoms with E-state index in [1.807, 2.05) is 27.7 Å². The molecule has 0 aliphatic carbocycles. The first-order chi connectivity index (χ1) is 11.6. The second kappa shape index (κ2) is 7.86. The van der Waals surface area contributed by atoms with E-state index in [1.54, 1.807) is 6.07 Å². The van der Waals surface area contributed by atoms with Crippen LogP contribution in [0.25, 0.3) is 0 Å². The maximum Gasteiger partial charge on any atom is 0.230 e. The van der Waals surface area contributed by atoms with Gasteiger partial charge in [0.05, 0.1) is 11.7 Å². The zero-order valence-corrected chi connectivity index (χ0v) is 16.4. The van der Waals surface area contributed by atoms with Gasteiger partial charge in [0.25, 0.3) is 0 Å². The topological polar surface area (TPSA) is 92.5 Å². The smallest absolute Gasteiger partial charge is 0.230 e. The van der Waals surface area contributed by atoms with Gasteiger partial charge in [-0.2, -0.15) is 0 Å². The molecule has 1 amide bonds. The predicted octanol–water partition coefficient (Wildman–Crippen LogP) is 2.75. The minimum atomic E-state index is -3.28. The summed E-state index contributed by atoms with van der Waals surface area (Å²) in [7, 11) is -3.28. The highest BCUT2D eigenvalue weighted by Gasteiger charge is 2.32. The summed E-state index contributed by atoms with van der Waals surface area (Å²) >= 11 is 0. The van der Waals surface area contributed by atoms with Crippen LogP contribution in [0.5, 0.6) is 0 Å². The molecular formula is C17H29N3O4S. The highest BCUT2D eigenvalue weighted by atomic mass is 32.2. The number of hydrogen-bond donors (Lipinski definition) is 1. The molecular weight excluding hydrogens is 342 g/mol. The number of sulfonamides is 1. The van der Waals surface area contributed by atoms with Crippen LogP contribution in [0.2, 0.25) is 0 Å². The summed E-state index contributed by atoms with van der Waals surface area (Å²) in [5.41, 5.74) is -0.190. The molecule has 0 aromatic carbocycles. The van der Waals surface area contributed by atoms with Crippen molar-refractivity contribution in [1.29, 1.82) is 0 Å². The second-order valence-corrected chi connectivity index (χ2v) is 9.77. The molecule has 0 bridgehead atoms. The molecule has 142 valence electrons. The van der Waals surface area contributed by atoms with Gasteiger partial charge in [0.2, 0.25) is 15.9 Å². The van der Waals surface area contributed by atoms with Gasteiger partial charge in [-0.15, -0.1) is 0 Å². The zero-order valence-electron chi connectivity index (χ0n) is 15.5. The number of amides is 1. The average molecular weight is 372 g/mol. The molecule has 1 aromatic rings. The fraction of sp³-hybridized carbons (Fsp3) is 0.765. The molecule has 0 spiro atoms. The Morgan fingerprint density at radius 3 is 2.76 bits per heavy atom. The first-order valence-corrected chi connectivity index (χ1v) is 10.5. The minimum Gasteiger partial charge on any atom is -0.359 e. The molecule has 1 N–H and O–H groups in total. The Morgan fingerprint density at radius 2 is 2.16 bits per heavy atom. The van der Waals surface area contributed by atoms with Crippen LogP contribution in [-0.4, -0.2) is 42.6 Å². The van der Waals surface area contributed by atoms with Crippen LogP contribution in [0.3, 0.4) is 0 Å². The van der Waals surface area contributed by atoms with Crippen molar-refractivity contribution in [3.63, 3.8) is 0 Å². The van der Waals surface area contributed by atoms with Crippen LogP contribution in [0.15, 0.2) is 10.6 Å². The third-order valence-corrected chi connectivity index (χ3v) is 6.33. The van der Waals surface area contributed by atoms with Crippen molar-refractivity contribution < 1.29 is 17.7 Å². The van der Waals surface area contributed by atoms with Gasteiger partial charge in [-0.05, 0) is 19.3 Å². The molecule has 8 heteroatoms. The van der Waals surface area contributed by atoms with E-state index in [0.29, 0.717) is 37.4 Å². The van der Waals surface area contributed by atoms with Gasteiger partial charge in [0.1, 0.15) is 5.76 Å². The Morgan fingerprint density at radius 1 is 1.44 bits per heavy atom. The van der Waals surface area contributed by atoms with E-state index >= 15 is 0 Å². The van der Waals surface area contributed by atoms with Gasteiger partial charge >= 0.3 is 0 Å². The van der Waals surface area contributed by atoms with Crippen molar-refractivity contribution in [1.82, 2.24) is 9.46 Å². The lowest BCUT2D eigenvalue weighted by atomic mass is 9.93. The third kappa shape index (κ3) is 5.28. The summed E-state index contributed by atoms with van der Waals surface area (Å²) in [5, 5.41) is 6.64. The van der Waals surface area contributed by atoms with Crippen LogP contribution in [0.1, 0.15) is 59.1 Å². The molecule has 2 heterocycles. The summed E-state index contributed by atoms with van der Waals surface area (Å²) in [4.78, 5) is 12.5. The summed E-state index contributed by atoms with van der Waals surface area (Å²) < 4.78 is 31.4. The molecule has 1 aliphatic heterocycles. The third-order valence-electron chi connectivity index (χ3n) is 4.40. The van der Waals surface area contributed by atoms with Crippen LogP contribution < -0.4 is 5.32 Å². The van der Waals surface area contributed by atoms with Crippen molar-refractivity contribution in [2.24, 2.45) is 5.92 Å². The number of rotatable bonds is 6. The number of unbranched alkanes of at least 4 members (excludes halogenated alkanes) is 1. The molecule has 1 saturated heterocycles. The van der Waals surface area contributed by atoms with Crippen LogP contribution in [0, 0.1) is 5.92 Å². The molecule has 2 rings (SSSR count). The lowest BCUT2D eigenvalue weighted by Crippen LogP contribution is -2.44. The number of anilines is 1. The van der Waals surface area contributed by atoms with Gasteiger partial charge in [0, 0.05) is 24.6 Å². The number of carbonyl (C=O) groups is 1. The average Bonchev–Trinajstić information content (AvgIpc) is 3.02. The number of piperidine rings is 1. The van der Waals surface area contributed by atoms with E-state index in [0.717, 1.165) is 6.42 Å². The summed E-state index contributed by atoms with van der Waals surface area (Å²) in [5.74, 6) is 0.649. The highest BCUT2D eigenvalue weighted by Crippen LogP contribution is 2.26. The van der Waals surface area contributed by atoms with E-state index in [4.69, 9.17) is 4.52 Å². The standard InChI is InChI=1S/C17H29N3O4S/c1-5-6-10-25(22,23)20-9-7-8-13(12-20)16(21)18-15-11-14(24-19-15)17(2,3)4/h11,13H,5-10,12H2,1-4H3,(H,18,19,21)/t13-/m1/s1. The maximum absolute atomic E-state index is 12.5. The van der Waals surface area contributed by atoms with E-state index in [1.165, 1.54) is 4.31 Å². The molecule has 1 aromatic heterocycles. The molecule has 1 atom stereocenters. The summed E-state index contributed by atoms with van der Waals surface area (Å²) in [6.07, 6.45) is 2.84. The first kappa shape index (κ1) is 19.9. The van der Waals surface area contributed by atoms with Crippen molar-refractivity contribution in [3.8, 4) is 0 Å². The van der Waals surface area contributed by atoms with Gasteiger partial charge in [-0.1, -0.05) is 39.3 Å². The number of carbonyl (C=O) groups excluding carboxylic acids is 1. The van der Waals surface area contributed by atoms with Gasteiger partial charge < -0.3 is 9.84 Å². The Balaban J connectivity index is 1.99. The molecule has 1 fully saturated rings. The maximum atomic E-state index is 12.5. The van der Waals surface area contributed by atoms with E-state index in [2.05, 4.69) is 10.5 Å². The van der Waals surface area contributed by atoms with E-state index in [-0.39, 0.29) is 29.5 Å². The predicted molar refractivity (Wildman–Crippen MR) is 96.8 cm³/mol. The fourth-order valence-corrected chi connectivity index (χ4v) is 4.51. The Bertz CT molecular complexity index is 691. The highest BCUT2D eigenvalue weighted by molar-refractivity contribution is 7.89. The van der Waals surface area contributed by atoms with Gasteiger partial charge in [-0.3, -0.25) is 4.79 Å². The lowest BCUT2D eigenvalue weighted by molar-refractivity contribution is -0.120. The number of hydrogen-bond acceptors (Lipinski definition) is 5. The van der Waals surface area contributed by atoms with Crippen molar-refractivity contribution in [3.05, 3.63) is 11.8 Å². The molecule has 0 radical (unpaired) electrons. The Hall–Kier alpha value is -1.41. The lowest BCUT2D eigenvalue weighted by Gasteiger charge is -2.31. The molecule has 7 nitrogen and oxygen atoms in total. The molecule has 0 saturated carbocycles. The zero-order chi connectivity index (χ0) is 18.7. The largest absolute Gasteiger partial charge is 0.359 e. The Kier molecular flexibility index (Phi) is 6.26. The molecule has 1 aliphatic rings. The normalized spacial score (nSPS) is 19.8. The Labute approximate surface area is 150 Å². The van der Waals surface area contributed by atoms with E-state index in [9.17, 15) is 13.2 Å². The van der Waals surface area contributed by atoms with Gasteiger partial charge in [-0.25, -0.2) is 12.7 Å². The summed E-state index contributed by atoms with van der Waals surface area (Å²) in [6.45, 7) is 8.69. The molecule has 0 unspecified atom stereocenters. The summed E-state index contributed by atoms with van der Waals surface area (Å²) in [6, 6.07) is 1.72. The van der Waals surface area contributed by atoms with E-state index < -0.39 is 10.0 Å². The van der Waals surface area contributed by atoms with Crippen molar-refractivity contribution in [2.45, 2.75) is 58.8 Å². The number of nitrogens with one attached hydrogen (secondary N) is 1. The fourth-order valence-electron chi connectivity index (χ4n) is 2.78. The minimum absolute atomic E-state index is 0.149. The molecule has 25 heavy (non-hydrogen) atoms. The number of aromatic nitrogens is 1. The van der Waals surface area contributed by atoms with Gasteiger partial charge in [0.15, 0.2) is 5.82 Å². The van der Waals surface area contributed by atoms with Crippen LogP contribution >= 0.6 is 0 Å². The monoisotopic (exact) mass is 371 g/mol. The number of nitrogens with zero attached hydrogens (tertiary/aromatic N) is 2. The first-order valence-electron chi connectivity index (χ1n) is 8.89. The second-order valence-electron chi connectivity index (χ2n) is 7.68. The van der Waals surface area contributed by atoms with Crippen LogP contribution in [0.4, 0.5) is 5.82 Å². The SMILES string of the molecule is CCCCS(=O)(=O)N1CCC[C@@H](C(=O)Nc2cc(C(C)(C)C)on2)C1. The van der Waals surface area contributed by atoms with Crippen molar-refractivity contribution in [2.75, 3.05) is 24.2 Å². The van der Waals surface area contributed by atoms with Crippen LogP contribution in [-0.2, 0) is 20.2 Å². The quantitative estimate of drug-likeness (QED) is 0.830. The van der Waals surface area contributed by atoms with Crippen molar-refractivity contribution >= 4 is 21.7 Å².